The number of unbranched alkanes of at least 4 members (excludes halogenated alkanes) is 1. The Hall–Kier alpha value is -3.08. The second-order valence-electron chi connectivity index (χ2n) is 7.37. The van der Waals surface area contributed by atoms with Crippen molar-refractivity contribution in [3.63, 3.8) is 0 Å². The number of likely N-dealkylation sites (tertiary alicyclic amines) is 1. The predicted molar refractivity (Wildman–Crippen MR) is 116 cm³/mol. The Morgan fingerprint density at radius 2 is 1.83 bits per heavy atom. The van der Waals surface area contributed by atoms with Gasteiger partial charge in [0.2, 0.25) is 0 Å². The first-order chi connectivity index (χ1) is 14.7. The van der Waals surface area contributed by atoms with Gasteiger partial charge < -0.3 is 20.5 Å². The lowest BCUT2D eigenvalue weighted by Gasteiger charge is -2.22. The van der Waals surface area contributed by atoms with Crippen LogP contribution in [0.5, 0.6) is 11.5 Å². The third-order valence-corrected chi connectivity index (χ3v) is 5.20. The Labute approximate surface area is 177 Å². The molecule has 2 aromatic carbocycles. The number of ether oxygens (including phenoxy) is 1. The van der Waals surface area contributed by atoms with E-state index in [1.54, 1.807) is 48.5 Å². The molecule has 158 valence electrons. The number of aliphatic hydroxyl groups excluding tert-OH is 1. The molecule has 7 nitrogen and oxygen atoms in total. The predicted octanol–water partition coefficient (Wildman–Crippen LogP) is 3.71. The quantitative estimate of drug-likeness (QED) is 0.550. The molecule has 1 atom stereocenters. The van der Waals surface area contributed by atoms with Crippen LogP contribution < -0.4 is 15.4 Å². The largest absolute Gasteiger partial charge is 0.457 e. The minimum Gasteiger partial charge on any atom is -0.457 e. The molecule has 2 amide bonds. The fraction of sp³-hybridized carbons (Fsp3) is 0.391. The van der Waals surface area contributed by atoms with Crippen LogP contribution in [0, 0.1) is 11.3 Å². The SMILES string of the molecule is N#Cc1ccc(Oc2ccc(NC(=O)NCCCCN3CCCC3CO)cc2)cc1. The molecule has 1 aliphatic heterocycles. The number of urea groups is 1. The first-order valence-electron chi connectivity index (χ1n) is 10.4. The molecule has 2 aromatic rings. The number of hydrogen-bond acceptors (Lipinski definition) is 5. The van der Waals surface area contributed by atoms with Crippen LogP contribution in [0.1, 0.15) is 31.2 Å². The minimum absolute atomic E-state index is 0.231. The molecule has 0 aliphatic carbocycles. The highest BCUT2D eigenvalue weighted by Crippen LogP contribution is 2.23. The van der Waals surface area contributed by atoms with Gasteiger partial charge in [-0.3, -0.25) is 4.90 Å². The molecule has 1 aliphatic rings. The summed E-state index contributed by atoms with van der Waals surface area (Å²) in [6.45, 7) is 2.88. The summed E-state index contributed by atoms with van der Waals surface area (Å²) in [6.07, 6.45) is 4.13. The summed E-state index contributed by atoms with van der Waals surface area (Å²) in [5, 5.41) is 23.8. The third-order valence-electron chi connectivity index (χ3n) is 5.20. The molecule has 0 radical (unpaired) electrons. The van der Waals surface area contributed by atoms with Crippen molar-refractivity contribution < 1.29 is 14.6 Å². The summed E-state index contributed by atoms with van der Waals surface area (Å²) in [5.74, 6) is 1.29. The zero-order chi connectivity index (χ0) is 21.2. The second kappa shape index (κ2) is 11.2. The minimum atomic E-state index is -0.231. The molecular formula is C23H28N4O3. The van der Waals surface area contributed by atoms with Crippen molar-refractivity contribution in [1.29, 1.82) is 5.26 Å². The van der Waals surface area contributed by atoms with E-state index in [0.717, 1.165) is 38.8 Å². The van der Waals surface area contributed by atoms with Gasteiger partial charge in [0.1, 0.15) is 11.5 Å². The first-order valence-corrected chi connectivity index (χ1v) is 10.4. The molecule has 0 spiro atoms. The van der Waals surface area contributed by atoms with Gasteiger partial charge in [0.25, 0.3) is 0 Å². The van der Waals surface area contributed by atoms with E-state index in [1.165, 1.54) is 0 Å². The van der Waals surface area contributed by atoms with Crippen LogP contribution in [0.4, 0.5) is 10.5 Å². The van der Waals surface area contributed by atoms with Gasteiger partial charge in [0.05, 0.1) is 18.2 Å². The van der Waals surface area contributed by atoms with Gasteiger partial charge in [-0.2, -0.15) is 5.26 Å². The fourth-order valence-corrected chi connectivity index (χ4v) is 3.55. The van der Waals surface area contributed by atoms with E-state index in [1.807, 2.05) is 0 Å². The number of nitrogens with zero attached hydrogens (tertiary/aromatic N) is 2. The molecule has 1 heterocycles. The van der Waals surface area contributed by atoms with Crippen molar-refractivity contribution in [1.82, 2.24) is 10.2 Å². The maximum absolute atomic E-state index is 12.0. The van der Waals surface area contributed by atoms with Crippen molar-refractivity contribution >= 4 is 11.7 Å². The van der Waals surface area contributed by atoms with Crippen molar-refractivity contribution in [2.24, 2.45) is 0 Å². The molecule has 0 saturated carbocycles. The number of carbonyl (C=O) groups is 1. The molecule has 0 aromatic heterocycles. The maximum atomic E-state index is 12.0. The van der Waals surface area contributed by atoms with Crippen LogP contribution in [0.25, 0.3) is 0 Å². The topological polar surface area (TPSA) is 97.6 Å². The molecule has 1 saturated heterocycles. The van der Waals surface area contributed by atoms with Crippen LogP contribution in [-0.2, 0) is 0 Å². The van der Waals surface area contributed by atoms with Gasteiger partial charge in [-0.1, -0.05) is 0 Å². The molecule has 1 fully saturated rings. The van der Waals surface area contributed by atoms with Gasteiger partial charge >= 0.3 is 6.03 Å². The Kier molecular flexibility index (Phi) is 8.07. The lowest BCUT2D eigenvalue weighted by atomic mass is 10.2. The highest BCUT2D eigenvalue weighted by atomic mass is 16.5. The standard InChI is InChI=1S/C23H28N4O3/c24-16-18-5-9-21(10-6-18)30-22-11-7-19(8-12-22)26-23(29)25-13-1-2-14-27-15-3-4-20(27)17-28/h5-12,20,28H,1-4,13-15,17H2,(H2,25,26,29). The van der Waals surface area contributed by atoms with Gasteiger partial charge in [0, 0.05) is 18.3 Å². The van der Waals surface area contributed by atoms with E-state index in [0.29, 0.717) is 35.3 Å². The van der Waals surface area contributed by atoms with E-state index >= 15 is 0 Å². The molecule has 30 heavy (non-hydrogen) atoms. The summed E-state index contributed by atoms with van der Waals surface area (Å²) in [4.78, 5) is 14.4. The van der Waals surface area contributed by atoms with Crippen LogP contribution in [0.3, 0.4) is 0 Å². The molecule has 1 unspecified atom stereocenters. The third kappa shape index (κ3) is 6.48. The molecule has 7 heteroatoms. The van der Waals surface area contributed by atoms with Gasteiger partial charge in [0.15, 0.2) is 0 Å². The average Bonchev–Trinajstić information content (AvgIpc) is 3.23. The van der Waals surface area contributed by atoms with E-state index in [2.05, 4.69) is 21.6 Å². The Bertz CT molecular complexity index is 846. The summed E-state index contributed by atoms with van der Waals surface area (Å²) in [6, 6.07) is 16.1. The van der Waals surface area contributed by atoms with Gasteiger partial charge in [-0.05, 0) is 87.3 Å². The number of anilines is 1. The normalized spacial score (nSPS) is 16.1. The number of amides is 2. The Morgan fingerprint density at radius 3 is 2.50 bits per heavy atom. The maximum Gasteiger partial charge on any atom is 0.319 e. The van der Waals surface area contributed by atoms with Crippen LogP contribution >= 0.6 is 0 Å². The number of aliphatic hydroxyl groups is 1. The fourth-order valence-electron chi connectivity index (χ4n) is 3.55. The van der Waals surface area contributed by atoms with E-state index in [4.69, 9.17) is 10.00 Å². The zero-order valence-corrected chi connectivity index (χ0v) is 17.0. The lowest BCUT2D eigenvalue weighted by molar-refractivity contribution is 0.157. The summed E-state index contributed by atoms with van der Waals surface area (Å²) in [7, 11) is 0. The van der Waals surface area contributed by atoms with E-state index in [9.17, 15) is 9.90 Å². The number of benzene rings is 2. The van der Waals surface area contributed by atoms with Crippen molar-refractivity contribution in [3.05, 3.63) is 54.1 Å². The van der Waals surface area contributed by atoms with Crippen molar-refractivity contribution in [3.8, 4) is 17.6 Å². The molecular weight excluding hydrogens is 380 g/mol. The molecule has 3 rings (SSSR count). The van der Waals surface area contributed by atoms with Gasteiger partial charge in [-0.15, -0.1) is 0 Å². The first kappa shape index (κ1) is 21.6. The summed E-state index contributed by atoms with van der Waals surface area (Å²) in [5.41, 5.74) is 1.26. The monoisotopic (exact) mass is 408 g/mol. The highest BCUT2D eigenvalue weighted by Gasteiger charge is 2.22. The Balaban J connectivity index is 1.34. The number of carbonyl (C=O) groups excluding carboxylic acids is 1. The number of nitriles is 1. The van der Waals surface area contributed by atoms with Crippen molar-refractivity contribution in [2.75, 3.05) is 31.6 Å². The van der Waals surface area contributed by atoms with Crippen LogP contribution in [-0.4, -0.2) is 48.3 Å². The number of rotatable bonds is 9. The van der Waals surface area contributed by atoms with Crippen LogP contribution in [0.15, 0.2) is 48.5 Å². The second-order valence-corrected chi connectivity index (χ2v) is 7.37. The van der Waals surface area contributed by atoms with Crippen molar-refractivity contribution in [2.45, 2.75) is 31.7 Å². The summed E-state index contributed by atoms with van der Waals surface area (Å²) < 4.78 is 5.73. The van der Waals surface area contributed by atoms with Crippen LogP contribution in [0.2, 0.25) is 0 Å². The highest BCUT2D eigenvalue weighted by molar-refractivity contribution is 5.89. The smallest absolute Gasteiger partial charge is 0.319 e. The van der Waals surface area contributed by atoms with E-state index < -0.39 is 0 Å². The van der Waals surface area contributed by atoms with Gasteiger partial charge in [-0.25, -0.2) is 4.79 Å². The zero-order valence-electron chi connectivity index (χ0n) is 17.0. The Morgan fingerprint density at radius 1 is 1.13 bits per heavy atom. The average molecular weight is 409 g/mol. The van der Waals surface area contributed by atoms with E-state index in [-0.39, 0.29) is 12.6 Å². The lowest BCUT2D eigenvalue weighted by Crippen LogP contribution is -2.34. The molecule has 3 N–H and O–H groups in total. The summed E-state index contributed by atoms with van der Waals surface area (Å²) >= 11 is 0. The number of nitrogens with one attached hydrogen (secondary N) is 2. The molecule has 0 bridgehead atoms. The number of hydrogen-bond donors (Lipinski definition) is 3.